The number of nitrogens with one attached hydrogen (secondary N) is 1. The monoisotopic (exact) mass is 276 g/mol. The molecule has 1 fully saturated rings. The number of rotatable bonds is 6. The van der Waals surface area contributed by atoms with E-state index in [0.717, 1.165) is 13.1 Å². The van der Waals surface area contributed by atoms with Crippen molar-refractivity contribution in [2.45, 2.75) is 45.3 Å². The van der Waals surface area contributed by atoms with Crippen molar-refractivity contribution in [1.82, 2.24) is 15.2 Å². The third-order valence-corrected chi connectivity index (χ3v) is 4.16. The highest BCUT2D eigenvalue weighted by molar-refractivity contribution is 5.51. The van der Waals surface area contributed by atoms with Crippen LogP contribution in [0.2, 0.25) is 0 Å². The first-order valence-corrected chi connectivity index (χ1v) is 7.65. The SMILES string of the molecule is CC(C)NCc1ccncc1N(C)CC1CCCN1C. The van der Waals surface area contributed by atoms with Crippen molar-refractivity contribution in [3.63, 3.8) is 0 Å². The van der Waals surface area contributed by atoms with Gasteiger partial charge in [-0.1, -0.05) is 13.8 Å². The number of pyridine rings is 1. The van der Waals surface area contributed by atoms with E-state index in [2.05, 4.69) is 54.1 Å². The van der Waals surface area contributed by atoms with Crippen molar-refractivity contribution < 1.29 is 0 Å². The number of nitrogens with zero attached hydrogens (tertiary/aromatic N) is 3. The summed E-state index contributed by atoms with van der Waals surface area (Å²) in [6, 6.07) is 3.30. The molecule has 2 heterocycles. The van der Waals surface area contributed by atoms with Gasteiger partial charge in [-0.05, 0) is 38.1 Å². The molecule has 4 nitrogen and oxygen atoms in total. The number of anilines is 1. The van der Waals surface area contributed by atoms with Crippen LogP contribution >= 0.6 is 0 Å². The predicted octanol–water partition coefficient (Wildman–Crippen LogP) is 2.11. The van der Waals surface area contributed by atoms with Gasteiger partial charge in [0.25, 0.3) is 0 Å². The van der Waals surface area contributed by atoms with Crippen LogP contribution in [0.15, 0.2) is 18.5 Å². The first-order chi connectivity index (χ1) is 9.58. The molecule has 1 N–H and O–H groups in total. The molecule has 0 aromatic carbocycles. The number of likely N-dealkylation sites (N-methyl/N-ethyl adjacent to an activating group) is 2. The second kappa shape index (κ2) is 7.04. The van der Waals surface area contributed by atoms with E-state index in [1.165, 1.54) is 30.6 Å². The summed E-state index contributed by atoms with van der Waals surface area (Å²) in [4.78, 5) is 9.13. The molecule has 0 aliphatic carbocycles. The van der Waals surface area contributed by atoms with E-state index < -0.39 is 0 Å². The van der Waals surface area contributed by atoms with Crippen LogP contribution in [0.5, 0.6) is 0 Å². The second-order valence-corrected chi connectivity index (χ2v) is 6.20. The fourth-order valence-corrected chi connectivity index (χ4v) is 2.85. The van der Waals surface area contributed by atoms with Crippen molar-refractivity contribution in [2.24, 2.45) is 0 Å². The number of hydrogen-bond acceptors (Lipinski definition) is 4. The highest BCUT2D eigenvalue weighted by atomic mass is 15.2. The first-order valence-electron chi connectivity index (χ1n) is 7.65. The van der Waals surface area contributed by atoms with Crippen LogP contribution in [-0.4, -0.2) is 49.2 Å². The molecule has 0 saturated carbocycles. The van der Waals surface area contributed by atoms with Crippen molar-refractivity contribution in [2.75, 3.05) is 32.1 Å². The van der Waals surface area contributed by atoms with Crippen LogP contribution < -0.4 is 10.2 Å². The smallest absolute Gasteiger partial charge is 0.0596 e. The number of aromatic nitrogens is 1. The third kappa shape index (κ3) is 3.93. The molecule has 112 valence electrons. The molecule has 1 aromatic heterocycles. The van der Waals surface area contributed by atoms with Crippen molar-refractivity contribution >= 4 is 5.69 Å². The summed E-state index contributed by atoms with van der Waals surface area (Å²) in [6.45, 7) is 7.57. The lowest BCUT2D eigenvalue weighted by atomic mass is 10.1. The average molecular weight is 276 g/mol. The molecule has 1 atom stereocenters. The zero-order chi connectivity index (χ0) is 14.5. The van der Waals surface area contributed by atoms with Crippen LogP contribution in [0.3, 0.4) is 0 Å². The van der Waals surface area contributed by atoms with Gasteiger partial charge >= 0.3 is 0 Å². The molecule has 1 aliphatic rings. The fourth-order valence-electron chi connectivity index (χ4n) is 2.85. The zero-order valence-corrected chi connectivity index (χ0v) is 13.3. The Bertz CT molecular complexity index is 419. The summed E-state index contributed by atoms with van der Waals surface area (Å²) in [5.41, 5.74) is 2.58. The Morgan fingerprint density at radius 1 is 1.50 bits per heavy atom. The van der Waals surface area contributed by atoms with E-state index in [0.29, 0.717) is 12.1 Å². The van der Waals surface area contributed by atoms with Crippen molar-refractivity contribution in [1.29, 1.82) is 0 Å². The Kier molecular flexibility index (Phi) is 5.38. The predicted molar refractivity (Wildman–Crippen MR) is 85.1 cm³/mol. The maximum atomic E-state index is 4.30. The second-order valence-electron chi connectivity index (χ2n) is 6.20. The van der Waals surface area contributed by atoms with Gasteiger partial charge in [-0.15, -0.1) is 0 Å². The lowest BCUT2D eigenvalue weighted by molar-refractivity contribution is 0.314. The van der Waals surface area contributed by atoms with Gasteiger partial charge in [-0.25, -0.2) is 0 Å². The van der Waals surface area contributed by atoms with E-state index in [1.807, 2.05) is 12.4 Å². The summed E-state index contributed by atoms with van der Waals surface area (Å²) in [5.74, 6) is 0. The van der Waals surface area contributed by atoms with Gasteiger partial charge in [-0.2, -0.15) is 0 Å². The van der Waals surface area contributed by atoms with Gasteiger partial charge < -0.3 is 15.1 Å². The van der Waals surface area contributed by atoms with E-state index in [-0.39, 0.29) is 0 Å². The van der Waals surface area contributed by atoms with Gasteiger partial charge in [0.05, 0.1) is 11.9 Å². The average Bonchev–Trinajstić information content (AvgIpc) is 2.82. The van der Waals surface area contributed by atoms with Crippen molar-refractivity contribution in [3.8, 4) is 0 Å². The summed E-state index contributed by atoms with van der Waals surface area (Å²) >= 11 is 0. The largest absolute Gasteiger partial charge is 0.372 e. The topological polar surface area (TPSA) is 31.4 Å². The van der Waals surface area contributed by atoms with E-state index in [1.54, 1.807) is 0 Å². The number of likely N-dealkylation sites (tertiary alicyclic amines) is 1. The lowest BCUT2D eigenvalue weighted by Crippen LogP contribution is -2.37. The van der Waals surface area contributed by atoms with Crippen LogP contribution in [0.4, 0.5) is 5.69 Å². The van der Waals surface area contributed by atoms with Gasteiger partial charge in [0.15, 0.2) is 0 Å². The molecular weight excluding hydrogens is 248 g/mol. The minimum absolute atomic E-state index is 0.502. The lowest BCUT2D eigenvalue weighted by Gasteiger charge is -2.28. The molecule has 1 saturated heterocycles. The minimum atomic E-state index is 0.502. The molecule has 4 heteroatoms. The van der Waals surface area contributed by atoms with Crippen LogP contribution in [-0.2, 0) is 6.54 Å². The zero-order valence-electron chi connectivity index (χ0n) is 13.3. The molecule has 0 amide bonds. The maximum absolute atomic E-state index is 4.30. The summed E-state index contributed by atoms with van der Waals surface area (Å²) in [7, 11) is 4.41. The first kappa shape index (κ1) is 15.3. The standard InChI is InChI=1S/C16H28N4/c1-13(2)18-10-14-7-8-17-11-16(14)20(4)12-15-6-5-9-19(15)3/h7-8,11,13,15,18H,5-6,9-10,12H2,1-4H3. The van der Waals surface area contributed by atoms with Gasteiger partial charge in [0, 0.05) is 38.4 Å². The van der Waals surface area contributed by atoms with E-state index in [4.69, 9.17) is 0 Å². The summed E-state index contributed by atoms with van der Waals surface area (Å²) in [5, 5.41) is 3.49. The normalized spacial score (nSPS) is 19.8. The van der Waals surface area contributed by atoms with Crippen LogP contribution in [0.25, 0.3) is 0 Å². The Labute approximate surface area is 123 Å². The Hall–Kier alpha value is -1.13. The minimum Gasteiger partial charge on any atom is -0.372 e. The molecule has 0 bridgehead atoms. The van der Waals surface area contributed by atoms with Crippen LogP contribution in [0, 0.1) is 0 Å². The highest BCUT2D eigenvalue weighted by Crippen LogP contribution is 2.22. The molecule has 0 spiro atoms. The Morgan fingerprint density at radius 2 is 2.30 bits per heavy atom. The van der Waals surface area contributed by atoms with Crippen molar-refractivity contribution in [3.05, 3.63) is 24.0 Å². The quantitative estimate of drug-likeness (QED) is 0.862. The third-order valence-electron chi connectivity index (χ3n) is 4.16. The van der Waals surface area contributed by atoms with Crippen LogP contribution in [0.1, 0.15) is 32.3 Å². The maximum Gasteiger partial charge on any atom is 0.0596 e. The Balaban J connectivity index is 2.02. The fraction of sp³-hybridized carbons (Fsp3) is 0.688. The van der Waals surface area contributed by atoms with Gasteiger partial charge in [-0.3, -0.25) is 4.98 Å². The molecule has 2 rings (SSSR count). The summed E-state index contributed by atoms with van der Waals surface area (Å²) < 4.78 is 0. The molecule has 20 heavy (non-hydrogen) atoms. The Morgan fingerprint density at radius 3 is 2.95 bits per heavy atom. The van der Waals surface area contributed by atoms with E-state index >= 15 is 0 Å². The number of hydrogen-bond donors (Lipinski definition) is 1. The molecular formula is C16H28N4. The van der Waals surface area contributed by atoms with Gasteiger partial charge in [0.2, 0.25) is 0 Å². The molecule has 1 aromatic rings. The molecule has 1 aliphatic heterocycles. The molecule has 1 unspecified atom stereocenters. The molecule has 0 radical (unpaired) electrons. The highest BCUT2D eigenvalue weighted by Gasteiger charge is 2.22. The van der Waals surface area contributed by atoms with Gasteiger partial charge in [0.1, 0.15) is 0 Å². The summed E-state index contributed by atoms with van der Waals surface area (Å²) in [6.07, 6.45) is 6.51. The van der Waals surface area contributed by atoms with E-state index in [9.17, 15) is 0 Å².